The highest BCUT2D eigenvalue weighted by Gasteiger charge is 2.67. The average Bonchev–Trinajstić information content (AvgIpc) is 3.45. The lowest BCUT2D eigenvalue weighted by atomic mass is 9.76. The van der Waals surface area contributed by atoms with Gasteiger partial charge >= 0.3 is 0 Å². The molecule has 4 heterocycles. The van der Waals surface area contributed by atoms with Crippen LogP contribution < -0.4 is 0 Å². The number of nitrogens with zero attached hydrogens (tertiary/aromatic N) is 3. The van der Waals surface area contributed by atoms with E-state index in [0.717, 1.165) is 24.8 Å². The van der Waals surface area contributed by atoms with Crippen molar-refractivity contribution in [3.8, 4) is 0 Å². The van der Waals surface area contributed by atoms with Crippen molar-refractivity contribution in [1.29, 1.82) is 0 Å². The number of nitrogens with one attached hydrogen (secondary N) is 1. The van der Waals surface area contributed by atoms with Crippen LogP contribution in [0.15, 0.2) is 24.5 Å². The number of hydrogen-bond acceptors (Lipinski definition) is 4. The van der Waals surface area contributed by atoms with E-state index in [9.17, 15) is 9.59 Å². The van der Waals surface area contributed by atoms with E-state index >= 15 is 0 Å². The zero-order valence-electron chi connectivity index (χ0n) is 17.0. The third-order valence-electron chi connectivity index (χ3n) is 7.35. The molecular formula is C22H30N4O3. The van der Waals surface area contributed by atoms with Crippen LogP contribution in [0.5, 0.6) is 0 Å². The largest absolute Gasteiger partial charge is 0.360 e. The molecule has 4 atom stereocenters. The van der Waals surface area contributed by atoms with Gasteiger partial charge in [-0.2, -0.15) is 5.10 Å². The van der Waals surface area contributed by atoms with Crippen LogP contribution in [0.1, 0.15) is 44.1 Å². The van der Waals surface area contributed by atoms with E-state index < -0.39 is 11.5 Å². The van der Waals surface area contributed by atoms with Crippen LogP contribution in [0.2, 0.25) is 0 Å². The van der Waals surface area contributed by atoms with E-state index in [1.807, 2.05) is 24.2 Å². The summed E-state index contributed by atoms with van der Waals surface area (Å²) in [6, 6.07) is 0.301. The van der Waals surface area contributed by atoms with Crippen molar-refractivity contribution < 1.29 is 14.3 Å². The van der Waals surface area contributed by atoms with E-state index in [0.29, 0.717) is 19.1 Å². The molecule has 7 nitrogen and oxygen atoms in total. The maximum atomic E-state index is 13.5. The van der Waals surface area contributed by atoms with Crippen LogP contribution in [0, 0.1) is 11.8 Å². The molecule has 7 heteroatoms. The molecule has 2 unspecified atom stereocenters. The number of hydrogen-bond donors (Lipinski definition) is 1. The van der Waals surface area contributed by atoms with Gasteiger partial charge in [-0.25, -0.2) is 0 Å². The van der Waals surface area contributed by atoms with Gasteiger partial charge in [-0.05, 0) is 24.8 Å². The molecule has 1 N–H and O–H groups in total. The number of fused-ring (bicyclic) bond motifs is 1. The van der Waals surface area contributed by atoms with Crippen LogP contribution in [-0.2, 0) is 20.7 Å². The van der Waals surface area contributed by atoms with Gasteiger partial charge in [0.15, 0.2) is 0 Å². The number of H-pyrrole nitrogens is 1. The van der Waals surface area contributed by atoms with Gasteiger partial charge in [0.25, 0.3) is 0 Å². The highest BCUT2D eigenvalue weighted by atomic mass is 16.5. The Balaban J connectivity index is 1.32. The molecule has 2 amide bonds. The van der Waals surface area contributed by atoms with Crippen molar-refractivity contribution in [1.82, 2.24) is 20.0 Å². The van der Waals surface area contributed by atoms with Gasteiger partial charge in [0.2, 0.25) is 11.8 Å². The Kier molecular flexibility index (Phi) is 4.73. The summed E-state index contributed by atoms with van der Waals surface area (Å²) < 4.78 is 6.30. The molecule has 5 rings (SSSR count). The van der Waals surface area contributed by atoms with E-state index in [-0.39, 0.29) is 23.8 Å². The molecule has 2 saturated heterocycles. The Hall–Kier alpha value is -2.15. The molecule has 1 spiro atoms. The fourth-order valence-electron chi connectivity index (χ4n) is 5.76. The summed E-state index contributed by atoms with van der Waals surface area (Å²) in [7, 11) is 1.83. The lowest BCUT2D eigenvalue weighted by Gasteiger charge is -2.30. The number of carbonyl (C=O) groups is 2. The summed E-state index contributed by atoms with van der Waals surface area (Å²) in [5, 5.41) is 6.76. The minimum absolute atomic E-state index is 0.0192. The number of ether oxygens (including phenoxy) is 1. The second-order valence-corrected chi connectivity index (χ2v) is 9.13. The monoisotopic (exact) mass is 398 g/mol. The molecule has 1 aromatic rings. The predicted octanol–water partition coefficient (Wildman–Crippen LogP) is 1.92. The van der Waals surface area contributed by atoms with Gasteiger partial charge in [-0.15, -0.1) is 0 Å². The first kappa shape index (κ1) is 18.9. The molecule has 29 heavy (non-hydrogen) atoms. The Morgan fingerprint density at radius 2 is 2.14 bits per heavy atom. The van der Waals surface area contributed by atoms with Crippen molar-refractivity contribution in [3.05, 3.63) is 30.1 Å². The van der Waals surface area contributed by atoms with E-state index in [1.165, 1.54) is 25.7 Å². The van der Waals surface area contributed by atoms with E-state index in [2.05, 4.69) is 16.3 Å². The van der Waals surface area contributed by atoms with Gasteiger partial charge in [0.05, 0.1) is 30.7 Å². The normalized spacial score (nSPS) is 33.9. The average molecular weight is 399 g/mol. The molecule has 1 saturated carbocycles. The zero-order valence-corrected chi connectivity index (χ0v) is 17.0. The molecule has 0 radical (unpaired) electrons. The zero-order chi connectivity index (χ0) is 20.0. The number of amides is 2. The summed E-state index contributed by atoms with van der Waals surface area (Å²) >= 11 is 0. The molecule has 2 bridgehead atoms. The molecule has 3 aliphatic heterocycles. The van der Waals surface area contributed by atoms with Crippen LogP contribution in [0.4, 0.5) is 0 Å². The van der Waals surface area contributed by atoms with Crippen LogP contribution in [0.3, 0.4) is 0 Å². The second kappa shape index (κ2) is 7.27. The van der Waals surface area contributed by atoms with E-state index in [4.69, 9.17) is 4.74 Å². The maximum Gasteiger partial charge on any atom is 0.230 e. The Labute approximate surface area is 171 Å². The predicted molar refractivity (Wildman–Crippen MR) is 107 cm³/mol. The van der Waals surface area contributed by atoms with Gasteiger partial charge in [-0.1, -0.05) is 37.8 Å². The van der Waals surface area contributed by atoms with Crippen molar-refractivity contribution in [2.45, 2.75) is 62.7 Å². The Morgan fingerprint density at radius 3 is 2.86 bits per heavy atom. The van der Waals surface area contributed by atoms with Gasteiger partial charge in [-0.3, -0.25) is 14.7 Å². The second-order valence-electron chi connectivity index (χ2n) is 9.13. The standard InChI is InChI=1S/C22H30N4O3/c1-25(11-9-15-12-23-24-13-15)20(27)18-17-8-10-22(29-17)14-26(21(28)19(18)22)16-6-4-2-3-5-7-16/h8,10,12-13,16-19H,2-7,9,11,14H2,1H3,(H,23,24)/t17-,18?,19?,22-/m1/s1. The minimum atomic E-state index is -0.597. The SMILES string of the molecule is CN(CCc1cn[nH]c1)C(=O)C1C2C(=O)N(C3CCCCCC3)C[C@]23C=C[C@H]1O3. The Morgan fingerprint density at radius 1 is 1.34 bits per heavy atom. The molecule has 1 aromatic heterocycles. The summed E-state index contributed by atoms with van der Waals surface area (Å²) in [6.45, 7) is 1.21. The topological polar surface area (TPSA) is 78.5 Å². The fraction of sp³-hybridized carbons (Fsp3) is 0.682. The summed E-state index contributed by atoms with van der Waals surface area (Å²) in [4.78, 5) is 30.6. The Bertz CT molecular complexity index is 799. The van der Waals surface area contributed by atoms with Crippen molar-refractivity contribution >= 4 is 11.8 Å². The highest BCUT2D eigenvalue weighted by molar-refractivity contribution is 5.93. The first-order valence-corrected chi connectivity index (χ1v) is 11.0. The minimum Gasteiger partial charge on any atom is -0.360 e. The lowest BCUT2D eigenvalue weighted by molar-refractivity contribution is -0.143. The summed E-state index contributed by atoms with van der Waals surface area (Å²) in [6.07, 6.45) is 15.2. The van der Waals surface area contributed by atoms with Crippen molar-refractivity contribution in [2.24, 2.45) is 11.8 Å². The molecular weight excluding hydrogens is 368 g/mol. The fourth-order valence-corrected chi connectivity index (χ4v) is 5.76. The maximum absolute atomic E-state index is 13.5. The lowest BCUT2D eigenvalue weighted by Crippen LogP contribution is -2.45. The molecule has 0 aromatic carbocycles. The third-order valence-corrected chi connectivity index (χ3v) is 7.35. The number of carbonyl (C=O) groups excluding carboxylic acids is 2. The van der Waals surface area contributed by atoms with Crippen LogP contribution >= 0.6 is 0 Å². The number of aromatic amines is 1. The first-order chi connectivity index (χ1) is 14.1. The van der Waals surface area contributed by atoms with Gasteiger partial charge < -0.3 is 14.5 Å². The third kappa shape index (κ3) is 3.10. The van der Waals surface area contributed by atoms with Crippen molar-refractivity contribution in [2.75, 3.05) is 20.1 Å². The molecule has 4 aliphatic rings. The summed E-state index contributed by atoms with van der Waals surface area (Å²) in [5.41, 5.74) is 0.474. The highest BCUT2D eigenvalue weighted by Crippen LogP contribution is 2.53. The molecule has 156 valence electrons. The van der Waals surface area contributed by atoms with Crippen molar-refractivity contribution in [3.63, 3.8) is 0 Å². The molecule has 3 fully saturated rings. The first-order valence-electron chi connectivity index (χ1n) is 11.0. The number of rotatable bonds is 5. The number of likely N-dealkylation sites (tertiary alicyclic amines) is 1. The number of aromatic nitrogens is 2. The van der Waals surface area contributed by atoms with Crippen LogP contribution in [-0.4, -0.2) is 69.7 Å². The van der Waals surface area contributed by atoms with Gasteiger partial charge in [0, 0.05) is 25.8 Å². The van der Waals surface area contributed by atoms with Crippen LogP contribution in [0.25, 0.3) is 0 Å². The quantitative estimate of drug-likeness (QED) is 0.607. The van der Waals surface area contributed by atoms with Gasteiger partial charge in [0.1, 0.15) is 5.60 Å². The van der Waals surface area contributed by atoms with E-state index in [1.54, 1.807) is 11.1 Å². The molecule has 1 aliphatic carbocycles. The number of likely N-dealkylation sites (N-methyl/N-ethyl adjacent to an activating group) is 1. The summed E-state index contributed by atoms with van der Waals surface area (Å²) in [5.74, 6) is -0.627. The smallest absolute Gasteiger partial charge is 0.230 e.